The Bertz CT molecular complexity index is 1130. The second-order valence-electron chi connectivity index (χ2n) is 7.69. The average molecular weight is 412 g/mol. The van der Waals surface area contributed by atoms with Crippen LogP contribution in [0.1, 0.15) is 16.1 Å². The van der Waals surface area contributed by atoms with E-state index in [2.05, 4.69) is 4.90 Å². The highest BCUT2D eigenvalue weighted by Gasteiger charge is 2.27. The molecule has 1 amide bonds. The maximum absolute atomic E-state index is 13.5. The normalized spacial score (nSPS) is 14.6. The number of benzene rings is 2. The van der Waals surface area contributed by atoms with Gasteiger partial charge in [0.05, 0.1) is 24.1 Å². The van der Waals surface area contributed by atoms with E-state index < -0.39 is 0 Å². The van der Waals surface area contributed by atoms with Gasteiger partial charge in [-0.3, -0.25) is 9.69 Å². The molecule has 0 radical (unpaired) electrons. The molecule has 0 bridgehead atoms. The molecule has 0 aliphatic carbocycles. The molecule has 1 saturated heterocycles. The molecule has 6 heteroatoms. The Morgan fingerprint density at radius 3 is 2.26 bits per heavy atom. The van der Waals surface area contributed by atoms with Gasteiger partial charge in [0, 0.05) is 37.9 Å². The van der Waals surface area contributed by atoms with Crippen molar-refractivity contribution in [1.82, 2.24) is 19.6 Å². The van der Waals surface area contributed by atoms with Gasteiger partial charge < -0.3 is 9.32 Å². The monoisotopic (exact) mass is 412 g/mol. The van der Waals surface area contributed by atoms with Gasteiger partial charge in [0.1, 0.15) is 11.5 Å². The predicted octanol–water partition coefficient (Wildman–Crippen LogP) is 4.09. The summed E-state index contributed by atoms with van der Waals surface area (Å²) in [5.74, 6) is 0.981. The Labute approximate surface area is 181 Å². The number of furan rings is 1. The Morgan fingerprint density at radius 1 is 0.871 bits per heavy atom. The van der Waals surface area contributed by atoms with Crippen LogP contribution in [-0.4, -0.2) is 51.7 Å². The summed E-state index contributed by atoms with van der Waals surface area (Å²) in [5.41, 5.74) is 3.22. The number of nitrogens with zero attached hydrogens (tertiary/aromatic N) is 4. The molecular formula is C25H24N4O2. The summed E-state index contributed by atoms with van der Waals surface area (Å²) in [4.78, 5) is 17.7. The number of para-hydroxylation sites is 1. The van der Waals surface area contributed by atoms with Gasteiger partial charge >= 0.3 is 0 Å². The fraction of sp³-hybridized carbons (Fsp3) is 0.200. The molecule has 2 aromatic carbocycles. The fourth-order valence-corrected chi connectivity index (χ4v) is 3.96. The summed E-state index contributed by atoms with van der Waals surface area (Å²) in [6.45, 7) is 3.78. The maximum atomic E-state index is 13.5. The van der Waals surface area contributed by atoms with Crippen molar-refractivity contribution in [2.75, 3.05) is 26.2 Å². The SMILES string of the molecule is O=C(c1cn(-c2ccccc2)nc1-c1ccccc1)N1CCN(Cc2ccco2)CC1. The van der Waals surface area contributed by atoms with Crippen molar-refractivity contribution in [3.05, 3.63) is 96.6 Å². The van der Waals surface area contributed by atoms with Crippen LogP contribution in [0.25, 0.3) is 16.9 Å². The third-order valence-electron chi connectivity index (χ3n) is 5.63. The van der Waals surface area contributed by atoms with Gasteiger partial charge in [-0.1, -0.05) is 48.5 Å². The van der Waals surface area contributed by atoms with Gasteiger partial charge in [0.2, 0.25) is 0 Å². The first kappa shape index (κ1) is 19.3. The smallest absolute Gasteiger partial charge is 0.257 e. The number of hydrogen-bond acceptors (Lipinski definition) is 4. The first-order valence-corrected chi connectivity index (χ1v) is 10.5. The van der Waals surface area contributed by atoms with Crippen LogP contribution in [-0.2, 0) is 6.54 Å². The molecule has 156 valence electrons. The molecule has 0 N–H and O–H groups in total. The van der Waals surface area contributed by atoms with Crippen LogP contribution >= 0.6 is 0 Å². The van der Waals surface area contributed by atoms with Crippen molar-refractivity contribution in [3.63, 3.8) is 0 Å². The molecule has 5 rings (SSSR count). The van der Waals surface area contributed by atoms with Crippen LogP contribution in [0.15, 0.2) is 89.7 Å². The van der Waals surface area contributed by atoms with Crippen molar-refractivity contribution in [2.45, 2.75) is 6.54 Å². The minimum absolute atomic E-state index is 0.0266. The largest absolute Gasteiger partial charge is 0.468 e. The first-order valence-electron chi connectivity index (χ1n) is 10.5. The lowest BCUT2D eigenvalue weighted by Gasteiger charge is -2.34. The van der Waals surface area contributed by atoms with Gasteiger partial charge in [-0.15, -0.1) is 0 Å². The molecule has 0 unspecified atom stereocenters. The summed E-state index contributed by atoms with van der Waals surface area (Å²) in [5, 5.41) is 4.78. The molecule has 1 aliphatic heterocycles. The van der Waals surface area contributed by atoms with Crippen molar-refractivity contribution in [2.24, 2.45) is 0 Å². The molecular weight excluding hydrogens is 388 g/mol. The van der Waals surface area contributed by atoms with Crippen LogP contribution in [0.2, 0.25) is 0 Å². The number of carbonyl (C=O) groups excluding carboxylic acids is 1. The van der Waals surface area contributed by atoms with Crippen molar-refractivity contribution >= 4 is 5.91 Å². The number of rotatable bonds is 5. The molecule has 6 nitrogen and oxygen atoms in total. The highest BCUT2D eigenvalue weighted by molar-refractivity contribution is 6.00. The average Bonchev–Trinajstić information content (AvgIpc) is 3.51. The van der Waals surface area contributed by atoms with E-state index in [1.807, 2.05) is 83.9 Å². The summed E-state index contributed by atoms with van der Waals surface area (Å²) in [6, 6.07) is 23.7. The second-order valence-corrected chi connectivity index (χ2v) is 7.69. The lowest BCUT2D eigenvalue weighted by Crippen LogP contribution is -2.48. The molecule has 0 atom stereocenters. The topological polar surface area (TPSA) is 54.5 Å². The summed E-state index contributed by atoms with van der Waals surface area (Å²) in [7, 11) is 0. The van der Waals surface area contributed by atoms with E-state index >= 15 is 0 Å². The standard InChI is InChI=1S/C25H24N4O2/c30-25(28-15-13-27(14-16-28)18-22-12-7-17-31-22)23-19-29(21-10-5-2-6-11-21)26-24(23)20-8-3-1-4-9-20/h1-12,17,19H,13-16,18H2. The van der Waals surface area contributed by atoms with Gasteiger partial charge in [-0.05, 0) is 24.3 Å². The third-order valence-corrected chi connectivity index (χ3v) is 5.63. The lowest BCUT2D eigenvalue weighted by molar-refractivity contribution is 0.0621. The number of aromatic nitrogens is 2. The molecule has 1 aliphatic rings. The number of hydrogen-bond donors (Lipinski definition) is 0. The molecule has 0 saturated carbocycles. The molecule has 1 fully saturated rings. The molecule has 2 aromatic heterocycles. The van der Waals surface area contributed by atoms with E-state index in [9.17, 15) is 4.79 Å². The number of carbonyl (C=O) groups is 1. The Kier molecular flexibility index (Phi) is 5.37. The molecule has 4 aromatic rings. The van der Waals surface area contributed by atoms with E-state index in [4.69, 9.17) is 9.52 Å². The van der Waals surface area contributed by atoms with Crippen molar-refractivity contribution in [3.8, 4) is 16.9 Å². The maximum Gasteiger partial charge on any atom is 0.257 e. The fourth-order valence-electron chi connectivity index (χ4n) is 3.96. The van der Waals surface area contributed by atoms with Crippen LogP contribution in [0.5, 0.6) is 0 Å². The van der Waals surface area contributed by atoms with E-state index in [1.165, 1.54) is 0 Å². The van der Waals surface area contributed by atoms with E-state index in [1.54, 1.807) is 10.9 Å². The van der Waals surface area contributed by atoms with Crippen LogP contribution in [0.3, 0.4) is 0 Å². The number of amides is 1. The van der Waals surface area contributed by atoms with Crippen molar-refractivity contribution < 1.29 is 9.21 Å². The second kappa shape index (κ2) is 8.62. The predicted molar refractivity (Wildman–Crippen MR) is 119 cm³/mol. The lowest BCUT2D eigenvalue weighted by atomic mass is 10.1. The van der Waals surface area contributed by atoms with E-state index in [0.29, 0.717) is 24.3 Å². The van der Waals surface area contributed by atoms with Gasteiger partial charge in [0.25, 0.3) is 5.91 Å². The minimum Gasteiger partial charge on any atom is -0.468 e. The highest BCUT2D eigenvalue weighted by Crippen LogP contribution is 2.25. The summed E-state index contributed by atoms with van der Waals surface area (Å²) in [6.07, 6.45) is 3.56. The minimum atomic E-state index is 0.0266. The Hall–Kier alpha value is -3.64. The molecule has 0 spiro atoms. The number of piperazine rings is 1. The van der Waals surface area contributed by atoms with E-state index in [0.717, 1.165) is 36.6 Å². The van der Waals surface area contributed by atoms with Gasteiger partial charge in [0.15, 0.2) is 0 Å². The zero-order chi connectivity index (χ0) is 21.0. The highest BCUT2D eigenvalue weighted by atomic mass is 16.3. The van der Waals surface area contributed by atoms with E-state index in [-0.39, 0.29) is 5.91 Å². The molecule has 31 heavy (non-hydrogen) atoms. The quantitative estimate of drug-likeness (QED) is 0.495. The Morgan fingerprint density at radius 2 is 1.58 bits per heavy atom. The zero-order valence-electron chi connectivity index (χ0n) is 17.2. The third kappa shape index (κ3) is 4.15. The van der Waals surface area contributed by atoms with Crippen LogP contribution in [0.4, 0.5) is 0 Å². The summed E-state index contributed by atoms with van der Waals surface area (Å²) >= 11 is 0. The Balaban J connectivity index is 1.38. The van der Waals surface area contributed by atoms with Crippen molar-refractivity contribution in [1.29, 1.82) is 0 Å². The molecule has 3 heterocycles. The van der Waals surface area contributed by atoms with Crippen LogP contribution in [0, 0.1) is 0 Å². The zero-order valence-corrected chi connectivity index (χ0v) is 17.2. The van der Waals surface area contributed by atoms with Gasteiger partial charge in [-0.25, -0.2) is 4.68 Å². The van der Waals surface area contributed by atoms with Gasteiger partial charge in [-0.2, -0.15) is 5.10 Å². The first-order chi connectivity index (χ1) is 15.3. The van der Waals surface area contributed by atoms with Crippen LogP contribution < -0.4 is 0 Å². The summed E-state index contributed by atoms with van der Waals surface area (Å²) < 4.78 is 7.25.